The Morgan fingerprint density at radius 3 is 2.18 bits per heavy atom. The van der Waals surface area contributed by atoms with Crippen molar-refractivity contribution in [1.29, 1.82) is 0 Å². The van der Waals surface area contributed by atoms with Gasteiger partial charge in [0.1, 0.15) is 11.8 Å². The zero-order valence-electron chi connectivity index (χ0n) is 18.6. The quantitative estimate of drug-likeness (QED) is 0.301. The smallest absolute Gasteiger partial charge is 0.252 e. The first-order valence-electron chi connectivity index (χ1n) is 10.6. The molecule has 4 rings (SSSR count). The summed E-state index contributed by atoms with van der Waals surface area (Å²) in [4.78, 5) is 27.6. The summed E-state index contributed by atoms with van der Waals surface area (Å²) in [6.45, 7) is 1.72. The van der Waals surface area contributed by atoms with Crippen molar-refractivity contribution < 1.29 is 22.7 Å². The Morgan fingerprint density at radius 1 is 0.971 bits per heavy atom. The molecule has 3 aromatic carbocycles. The highest BCUT2D eigenvalue weighted by Gasteiger charge is 2.48. The average molecular weight is 590 g/mol. The normalized spacial score (nSPS) is 17.3. The number of rotatable bonds is 7. The Hall–Kier alpha value is -2.76. The van der Waals surface area contributed by atoms with E-state index in [1.54, 1.807) is 55.5 Å². The van der Waals surface area contributed by atoms with Crippen LogP contribution in [0.25, 0.3) is 0 Å². The molecule has 1 aliphatic rings. The molecule has 2 unspecified atom stereocenters. The van der Waals surface area contributed by atoms with Crippen molar-refractivity contribution >= 4 is 50.1 Å². The predicted molar refractivity (Wildman–Crippen MR) is 137 cm³/mol. The summed E-state index contributed by atoms with van der Waals surface area (Å²) in [5.41, 5.74) is 1.14. The van der Waals surface area contributed by atoms with Gasteiger partial charge in [-0.15, -0.1) is 0 Å². The van der Waals surface area contributed by atoms with Crippen LogP contribution in [0.15, 0.2) is 83.8 Å². The number of halogens is 1. The van der Waals surface area contributed by atoms with Crippen molar-refractivity contribution in [3.05, 3.63) is 88.0 Å². The maximum Gasteiger partial charge on any atom is 0.252 e. The monoisotopic (exact) mass is 590 g/mol. The molecule has 176 valence electrons. The van der Waals surface area contributed by atoms with Crippen LogP contribution in [0.3, 0.4) is 0 Å². The summed E-state index contributed by atoms with van der Waals surface area (Å²) in [5.74, 6) is -0.490. The number of methoxy groups -OCH3 is 1. The molecule has 34 heavy (non-hydrogen) atoms. The van der Waals surface area contributed by atoms with Crippen molar-refractivity contribution in [2.75, 3.05) is 12.0 Å². The van der Waals surface area contributed by atoms with E-state index in [-0.39, 0.29) is 11.3 Å². The van der Waals surface area contributed by atoms with Gasteiger partial charge in [-0.25, -0.2) is 13.3 Å². The van der Waals surface area contributed by atoms with Gasteiger partial charge in [0.05, 0.1) is 24.1 Å². The fraction of sp³-hybridized carbons (Fsp3) is 0.200. The van der Waals surface area contributed by atoms with Gasteiger partial charge >= 0.3 is 0 Å². The maximum atomic E-state index is 13.9. The number of hydrogen-bond donors (Lipinski definition) is 0. The van der Waals surface area contributed by atoms with Crippen LogP contribution >= 0.6 is 22.6 Å². The lowest BCUT2D eigenvalue weighted by Gasteiger charge is -2.32. The van der Waals surface area contributed by atoms with Gasteiger partial charge in [0.15, 0.2) is 0 Å². The van der Waals surface area contributed by atoms with Crippen molar-refractivity contribution in [1.82, 2.24) is 4.31 Å². The van der Waals surface area contributed by atoms with Crippen LogP contribution in [0.1, 0.15) is 24.9 Å². The number of imide groups is 1. The summed E-state index contributed by atoms with van der Waals surface area (Å²) in [6, 6.07) is 20.1. The molecule has 0 bridgehead atoms. The number of benzene rings is 3. The standard InChI is InChI=1S/C25H23IN2O5S/c1-17(18-6-4-3-5-7-18)28(34(31,32)22-14-12-21(33-2)13-15-22)23-16-24(29)27(25(23)30)20-10-8-19(26)9-11-20/h3-15,17,23H,16H2,1-2H3. The van der Waals surface area contributed by atoms with Gasteiger partial charge < -0.3 is 4.74 Å². The summed E-state index contributed by atoms with van der Waals surface area (Å²) in [5, 5.41) is 0. The highest BCUT2D eigenvalue weighted by molar-refractivity contribution is 14.1. The van der Waals surface area contributed by atoms with E-state index < -0.39 is 33.9 Å². The van der Waals surface area contributed by atoms with Crippen LogP contribution in [-0.4, -0.2) is 37.7 Å². The zero-order chi connectivity index (χ0) is 24.5. The number of ether oxygens (including phenoxy) is 1. The number of sulfonamides is 1. The number of hydrogen-bond acceptors (Lipinski definition) is 5. The Balaban J connectivity index is 1.78. The van der Waals surface area contributed by atoms with Crippen LogP contribution in [0.2, 0.25) is 0 Å². The number of nitrogens with zero attached hydrogens (tertiary/aromatic N) is 2. The van der Waals surface area contributed by atoms with E-state index in [1.807, 2.05) is 18.2 Å². The molecule has 2 amide bonds. The largest absolute Gasteiger partial charge is 0.497 e. The molecule has 0 radical (unpaired) electrons. The molecule has 0 aromatic heterocycles. The first kappa shape index (κ1) is 24.4. The maximum absolute atomic E-state index is 13.9. The van der Waals surface area contributed by atoms with E-state index in [2.05, 4.69) is 22.6 Å². The molecule has 7 nitrogen and oxygen atoms in total. The fourth-order valence-electron chi connectivity index (χ4n) is 4.07. The van der Waals surface area contributed by atoms with Gasteiger partial charge in [-0.2, -0.15) is 4.31 Å². The number of amides is 2. The summed E-state index contributed by atoms with van der Waals surface area (Å²) in [7, 11) is -2.65. The van der Waals surface area contributed by atoms with Crippen LogP contribution < -0.4 is 9.64 Å². The van der Waals surface area contributed by atoms with Gasteiger partial charge in [0.2, 0.25) is 15.9 Å². The van der Waals surface area contributed by atoms with Crippen LogP contribution in [-0.2, 0) is 19.6 Å². The third-order valence-corrected chi connectivity index (χ3v) is 8.53. The van der Waals surface area contributed by atoms with E-state index in [9.17, 15) is 18.0 Å². The first-order chi connectivity index (χ1) is 16.2. The number of carbonyl (C=O) groups is 2. The lowest BCUT2D eigenvalue weighted by Crippen LogP contribution is -2.46. The molecule has 0 aliphatic carbocycles. The second-order valence-corrected chi connectivity index (χ2v) is 10.9. The zero-order valence-corrected chi connectivity index (χ0v) is 21.6. The molecule has 3 aromatic rings. The van der Waals surface area contributed by atoms with Crippen molar-refractivity contribution in [2.24, 2.45) is 0 Å². The lowest BCUT2D eigenvalue weighted by molar-refractivity contribution is -0.122. The van der Waals surface area contributed by atoms with Crippen molar-refractivity contribution in [2.45, 2.75) is 30.3 Å². The Kier molecular flexibility index (Phi) is 7.06. The van der Waals surface area contributed by atoms with Crippen molar-refractivity contribution in [3.63, 3.8) is 0 Å². The van der Waals surface area contributed by atoms with Gasteiger partial charge in [0, 0.05) is 9.61 Å². The molecular formula is C25H23IN2O5S. The predicted octanol–water partition coefficient (Wildman–Crippen LogP) is 4.38. The molecule has 0 spiro atoms. The number of carbonyl (C=O) groups excluding carboxylic acids is 2. The Morgan fingerprint density at radius 2 is 1.59 bits per heavy atom. The molecule has 0 N–H and O–H groups in total. The van der Waals surface area contributed by atoms with E-state index >= 15 is 0 Å². The highest BCUT2D eigenvalue weighted by Crippen LogP contribution is 2.36. The second-order valence-electron chi connectivity index (χ2n) is 7.86. The molecule has 1 heterocycles. The van der Waals surface area contributed by atoms with Crippen LogP contribution in [0.5, 0.6) is 5.75 Å². The topological polar surface area (TPSA) is 84.0 Å². The Labute approximate surface area is 212 Å². The molecule has 9 heteroatoms. The van der Waals surface area contributed by atoms with E-state index in [0.29, 0.717) is 17.0 Å². The molecule has 2 atom stereocenters. The summed E-state index contributed by atoms with van der Waals surface area (Å²) < 4.78 is 35.0. The highest BCUT2D eigenvalue weighted by atomic mass is 127. The lowest BCUT2D eigenvalue weighted by atomic mass is 10.1. The minimum Gasteiger partial charge on any atom is -0.497 e. The SMILES string of the molecule is COc1ccc(S(=O)(=O)N(C2CC(=O)N(c3ccc(I)cc3)C2=O)C(C)c2ccccc2)cc1. The third kappa shape index (κ3) is 4.59. The van der Waals surface area contributed by atoms with Gasteiger partial charge in [-0.3, -0.25) is 9.59 Å². The average Bonchev–Trinajstić information content (AvgIpc) is 3.13. The Bertz CT molecular complexity index is 1300. The molecule has 0 saturated carbocycles. The summed E-state index contributed by atoms with van der Waals surface area (Å²) in [6.07, 6.45) is -0.239. The van der Waals surface area contributed by atoms with Crippen molar-refractivity contribution in [3.8, 4) is 5.75 Å². The van der Waals surface area contributed by atoms with Crippen LogP contribution in [0, 0.1) is 3.57 Å². The van der Waals surface area contributed by atoms with E-state index in [0.717, 1.165) is 12.8 Å². The minimum absolute atomic E-state index is 0.0176. The fourth-order valence-corrected chi connectivity index (χ4v) is 6.19. The van der Waals surface area contributed by atoms with Crippen LogP contribution in [0.4, 0.5) is 5.69 Å². The molecule has 1 saturated heterocycles. The number of anilines is 1. The third-order valence-electron chi connectivity index (χ3n) is 5.81. The van der Waals surface area contributed by atoms with E-state index in [1.165, 1.54) is 19.2 Å². The molecule has 1 aliphatic heterocycles. The minimum atomic E-state index is -4.15. The second kappa shape index (κ2) is 9.85. The van der Waals surface area contributed by atoms with Gasteiger partial charge in [-0.1, -0.05) is 30.3 Å². The molecule has 1 fully saturated rings. The van der Waals surface area contributed by atoms with Gasteiger partial charge in [-0.05, 0) is 83.6 Å². The molecular weight excluding hydrogens is 567 g/mol. The van der Waals surface area contributed by atoms with E-state index in [4.69, 9.17) is 4.74 Å². The summed E-state index contributed by atoms with van der Waals surface area (Å²) >= 11 is 2.14. The first-order valence-corrected chi connectivity index (χ1v) is 13.1. The van der Waals surface area contributed by atoms with Gasteiger partial charge in [0.25, 0.3) is 5.91 Å².